The zero-order valence-corrected chi connectivity index (χ0v) is 11.4. The fraction of sp³-hybridized carbons (Fsp3) is 0.125. The average Bonchev–Trinajstić information content (AvgIpc) is 2.49. The number of esters is 1. The highest BCUT2D eigenvalue weighted by Gasteiger charge is 2.10. The second-order valence-corrected chi connectivity index (χ2v) is 4.27. The van der Waals surface area contributed by atoms with Crippen molar-refractivity contribution >= 4 is 12.4 Å². The number of hydrogen-bond donors (Lipinski definition) is 1. The van der Waals surface area contributed by atoms with Crippen molar-refractivity contribution in [2.45, 2.75) is 13.3 Å². The highest BCUT2D eigenvalue weighted by molar-refractivity contribution is 5.91. The van der Waals surface area contributed by atoms with Crippen molar-refractivity contribution < 1.29 is 24.2 Å². The fourth-order valence-electron chi connectivity index (χ4n) is 1.83. The van der Waals surface area contributed by atoms with Crippen LogP contribution in [-0.4, -0.2) is 17.5 Å². The van der Waals surface area contributed by atoms with E-state index in [0.29, 0.717) is 30.0 Å². The molecule has 0 atom stereocenters. The Balaban J connectivity index is 2.17. The maximum Gasteiger partial charge on any atom is 0.343 e. The van der Waals surface area contributed by atoms with Crippen LogP contribution in [0, 0.1) is 0 Å². The van der Waals surface area contributed by atoms with Crippen LogP contribution in [-0.2, 0) is 11.2 Å². The summed E-state index contributed by atoms with van der Waals surface area (Å²) in [6.07, 6.45) is 0.633. The molecular formula is C16H14O5. The van der Waals surface area contributed by atoms with Gasteiger partial charge in [-0.3, -0.25) is 4.79 Å². The maximum atomic E-state index is 11.9. The first-order valence-corrected chi connectivity index (χ1v) is 6.38. The van der Waals surface area contributed by atoms with E-state index in [2.05, 4.69) is 0 Å². The van der Waals surface area contributed by atoms with Crippen molar-refractivity contribution in [1.29, 1.82) is 0 Å². The number of phenols is 1. The Morgan fingerprint density at radius 3 is 2.52 bits per heavy atom. The zero-order valence-electron chi connectivity index (χ0n) is 11.4. The Morgan fingerprint density at radius 1 is 1.19 bits per heavy atom. The highest BCUT2D eigenvalue weighted by Crippen LogP contribution is 2.25. The van der Waals surface area contributed by atoms with Crippen molar-refractivity contribution in [3.8, 4) is 17.2 Å². The van der Waals surface area contributed by atoms with Crippen molar-refractivity contribution in [2.75, 3.05) is 0 Å². The second-order valence-electron chi connectivity index (χ2n) is 4.27. The number of aromatic hydroxyl groups is 1. The van der Waals surface area contributed by atoms with E-state index in [-0.39, 0.29) is 5.75 Å². The van der Waals surface area contributed by atoms with Gasteiger partial charge in [0.25, 0.3) is 6.47 Å². The predicted molar refractivity (Wildman–Crippen MR) is 75.6 cm³/mol. The summed E-state index contributed by atoms with van der Waals surface area (Å²) in [5.74, 6) is 0.358. The average molecular weight is 286 g/mol. The van der Waals surface area contributed by atoms with E-state index in [1.807, 2.05) is 6.92 Å². The second kappa shape index (κ2) is 6.56. The van der Waals surface area contributed by atoms with Crippen LogP contribution in [0.25, 0.3) is 0 Å². The molecule has 0 saturated carbocycles. The third-order valence-corrected chi connectivity index (χ3v) is 2.90. The van der Waals surface area contributed by atoms with Gasteiger partial charge >= 0.3 is 5.97 Å². The van der Waals surface area contributed by atoms with Gasteiger partial charge < -0.3 is 14.6 Å². The Kier molecular flexibility index (Phi) is 4.56. The minimum absolute atomic E-state index is 0.0789. The molecule has 0 saturated heterocycles. The molecule has 108 valence electrons. The molecule has 0 amide bonds. The summed E-state index contributed by atoms with van der Waals surface area (Å²) in [4.78, 5) is 22.3. The van der Waals surface area contributed by atoms with E-state index in [4.69, 9.17) is 9.47 Å². The van der Waals surface area contributed by atoms with Crippen LogP contribution >= 0.6 is 0 Å². The standard InChI is InChI=1S/C16H14O5/c1-2-11-9-14(7-8-15(11)20-10-17)21-16(19)12-3-5-13(18)6-4-12/h3-10,18H,2H2,1H3. The highest BCUT2D eigenvalue weighted by atomic mass is 16.5. The van der Waals surface area contributed by atoms with Crippen molar-refractivity contribution in [3.05, 3.63) is 53.6 Å². The van der Waals surface area contributed by atoms with E-state index in [1.54, 1.807) is 18.2 Å². The molecule has 0 aliphatic rings. The molecule has 5 heteroatoms. The van der Waals surface area contributed by atoms with Crippen LogP contribution < -0.4 is 9.47 Å². The first kappa shape index (κ1) is 14.6. The summed E-state index contributed by atoms with van der Waals surface area (Å²) in [7, 11) is 0. The van der Waals surface area contributed by atoms with Gasteiger partial charge in [-0.05, 0) is 54.4 Å². The summed E-state index contributed by atoms with van der Waals surface area (Å²) in [5.41, 5.74) is 1.09. The number of benzene rings is 2. The number of phenolic OH excluding ortho intramolecular Hbond substituents is 1. The predicted octanol–water partition coefficient (Wildman–Crippen LogP) is 2.71. The smallest absolute Gasteiger partial charge is 0.343 e. The molecule has 0 aliphatic heterocycles. The first-order chi connectivity index (χ1) is 10.1. The quantitative estimate of drug-likeness (QED) is 0.520. The molecule has 21 heavy (non-hydrogen) atoms. The molecule has 1 N–H and O–H groups in total. The number of rotatable bonds is 5. The van der Waals surface area contributed by atoms with Crippen molar-refractivity contribution in [1.82, 2.24) is 0 Å². The van der Waals surface area contributed by atoms with E-state index in [0.717, 1.165) is 5.56 Å². The fourth-order valence-corrected chi connectivity index (χ4v) is 1.83. The van der Waals surface area contributed by atoms with Gasteiger partial charge in [0.2, 0.25) is 0 Å². The number of hydrogen-bond acceptors (Lipinski definition) is 5. The van der Waals surface area contributed by atoms with Gasteiger partial charge in [0.15, 0.2) is 0 Å². The van der Waals surface area contributed by atoms with E-state index in [1.165, 1.54) is 24.3 Å². The largest absolute Gasteiger partial charge is 0.508 e. The summed E-state index contributed by atoms with van der Waals surface area (Å²) in [6, 6.07) is 10.6. The summed E-state index contributed by atoms with van der Waals surface area (Å²) in [6.45, 7) is 2.26. The normalized spacial score (nSPS) is 9.95. The number of carbonyl (C=O) groups is 2. The SMILES string of the molecule is CCc1cc(OC(=O)c2ccc(O)cc2)ccc1OC=O. The van der Waals surface area contributed by atoms with E-state index in [9.17, 15) is 14.7 Å². The molecule has 0 fully saturated rings. The maximum absolute atomic E-state index is 11.9. The zero-order chi connectivity index (χ0) is 15.2. The van der Waals surface area contributed by atoms with Crippen molar-refractivity contribution in [2.24, 2.45) is 0 Å². The lowest BCUT2D eigenvalue weighted by atomic mass is 10.1. The Hall–Kier alpha value is -2.82. The van der Waals surface area contributed by atoms with Crippen molar-refractivity contribution in [3.63, 3.8) is 0 Å². The minimum atomic E-state index is -0.527. The van der Waals surface area contributed by atoms with Gasteiger partial charge in [0.05, 0.1) is 5.56 Å². The first-order valence-electron chi connectivity index (χ1n) is 6.38. The number of ether oxygens (including phenoxy) is 2. The molecule has 0 radical (unpaired) electrons. The lowest BCUT2D eigenvalue weighted by Gasteiger charge is -2.09. The Labute approximate surface area is 121 Å². The topological polar surface area (TPSA) is 72.8 Å². The van der Waals surface area contributed by atoms with E-state index >= 15 is 0 Å². The lowest BCUT2D eigenvalue weighted by molar-refractivity contribution is -0.120. The Bertz CT molecular complexity index is 646. The third kappa shape index (κ3) is 3.60. The van der Waals surface area contributed by atoms with Gasteiger partial charge in [-0.25, -0.2) is 4.79 Å². The minimum Gasteiger partial charge on any atom is -0.508 e. The van der Waals surface area contributed by atoms with Crippen LogP contribution in [0.15, 0.2) is 42.5 Å². The molecule has 0 heterocycles. The molecule has 2 aromatic rings. The lowest BCUT2D eigenvalue weighted by Crippen LogP contribution is -2.08. The molecule has 0 aromatic heterocycles. The molecule has 5 nitrogen and oxygen atoms in total. The number of carbonyl (C=O) groups excluding carboxylic acids is 2. The van der Waals surface area contributed by atoms with Crippen LogP contribution in [0.1, 0.15) is 22.8 Å². The van der Waals surface area contributed by atoms with Gasteiger partial charge in [0, 0.05) is 0 Å². The molecule has 0 unspecified atom stereocenters. The van der Waals surface area contributed by atoms with Gasteiger partial charge in [-0.2, -0.15) is 0 Å². The Morgan fingerprint density at radius 2 is 1.90 bits per heavy atom. The summed E-state index contributed by atoms with van der Waals surface area (Å²) in [5, 5.41) is 9.18. The van der Waals surface area contributed by atoms with Gasteiger partial charge in [-0.15, -0.1) is 0 Å². The van der Waals surface area contributed by atoms with Crippen LogP contribution in [0.3, 0.4) is 0 Å². The molecule has 2 aromatic carbocycles. The van der Waals surface area contributed by atoms with Crippen LogP contribution in [0.2, 0.25) is 0 Å². The monoisotopic (exact) mass is 286 g/mol. The third-order valence-electron chi connectivity index (χ3n) is 2.90. The molecular weight excluding hydrogens is 272 g/mol. The molecule has 0 bridgehead atoms. The molecule has 2 rings (SSSR count). The summed E-state index contributed by atoms with van der Waals surface area (Å²) >= 11 is 0. The van der Waals surface area contributed by atoms with Gasteiger partial charge in [-0.1, -0.05) is 6.92 Å². The van der Waals surface area contributed by atoms with E-state index < -0.39 is 5.97 Å². The molecule has 0 aliphatic carbocycles. The number of aryl methyl sites for hydroxylation is 1. The molecule has 0 spiro atoms. The van der Waals surface area contributed by atoms with Gasteiger partial charge in [0.1, 0.15) is 17.2 Å². The van der Waals surface area contributed by atoms with Crippen LogP contribution in [0.4, 0.5) is 0 Å². The van der Waals surface area contributed by atoms with Crippen LogP contribution in [0.5, 0.6) is 17.2 Å². The summed E-state index contributed by atoms with van der Waals surface area (Å²) < 4.78 is 10.1.